The Hall–Kier alpha value is -0.280. The lowest BCUT2D eigenvalue weighted by molar-refractivity contribution is -0.0877. The molecule has 0 aliphatic rings. The second kappa shape index (κ2) is 5.15. The monoisotopic (exact) mass is 352 g/mol. The van der Waals surface area contributed by atoms with Gasteiger partial charge < -0.3 is 0 Å². The summed E-state index contributed by atoms with van der Waals surface area (Å²) < 4.78 is 72.3. The minimum atomic E-state index is -5.08. The van der Waals surface area contributed by atoms with Gasteiger partial charge in [-0.05, 0) is 36.0 Å². The third-order valence-corrected chi connectivity index (χ3v) is 4.08. The molecule has 1 rings (SSSR count). The molecule has 0 aliphatic carbocycles. The van der Waals surface area contributed by atoms with Crippen LogP contribution in [0.3, 0.4) is 0 Å². The van der Waals surface area contributed by atoms with E-state index in [2.05, 4.69) is 15.9 Å². The van der Waals surface area contributed by atoms with Crippen molar-refractivity contribution in [3.63, 3.8) is 0 Å². The molecule has 0 aromatic heterocycles. The molecule has 1 aromatic carbocycles. The SMILES string of the molecule is O=[SH](=O)C(F)(F)C(F)(F)Sc1ccc(Br)cc1. The van der Waals surface area contributed by atoms with Gasteiger partial charge in [0.2, 0.25) is 10.7 Å². The third-order valence-electron chi connectivity index (χ3n) is 1.64. The van der Waals surface area contributed by atoms with E-state index in [1.807, 2.05) is 0 Å². The van der Waals surface area contributed by atoms with E-state index in [9.17, 15) is 26.0 Å². The fourth-order valence-corrected chi connectivity index (χ4v) is 2.35. The number of thiol groups is 1. The molecular formula is C8H5BrF4O2S2. The Labute approximate surface area is 108 Å². The lowest BCUT2D eigenvalue weighted by Gasteiger charge is -2.20. The lowest BCUT2D eigenvalue weighted by atomic mass is 10.4. The summed E-state index contributed by atoms with van der Waals surface area (Å²) in [6, 6.07) is 5.12. The number of alkyl halides is 4. The minimum Gasteiger partial charge on any atom is -0.225 e. The summed E-state index contributed by atoms with van der Waals surface area (Å²) in [4.78, 5) is -0.158. The molecule has 0 bridgehead atoms. The predicted octanol–water partition coefficient (Wildman–Crippen LogP) is 3.34. The van der Waals surface area contributed by atoms with Crippen LogP contribution in [-0.2, 0) is 10.7 Å². The van der Waals surface area contributed by atoms with Gasteiger partial charge in [-0.15, -0.1) is 0 Å². The Bertz CT molecular complexity index is 465. The molecule has 0 saturated carbocycles. The smallest absolute Gasteiger partial charge is 0.225 e. The van der Waals surface area contributed by atoms with Gasteiger partial charge in [-0.2, -0.15) is 17.6 Å². The zero-order chi connectivity index (χ0) is 13.3. The Morgan fingerprint density at radius 1 is 1.06 bits per heavy atom. The maximum absolute atomic E-state index is 13.1. The Morgan fingerprint density at radius 3 is 1.94 bits per heavy atom. The van der Waals surface area contributed by atoms with E-state index in [-0.39, 0.29) is 4.90 Å². The topological polar surface area (TPSA) is 34.1 Å². The number of thioether (sulfide) groups is 1. The van der Waals surface area contributed by atoms with E-state index in [1.54, 1.807) is 0 Å². The van der Waals surface area contributed by atoms with Crippen LogP contribution in [0, 0.1) is 0 Å². The maximum atomic E-state index is 13.1. The van der Waals surface area contributed by atoms with Crippen molar-refractivity contribution in [1.82, 2.24) is 0 Å². The van der Waals surface area contributed by atoms with Crippen LogP contribution in [-0.4, -0.2) is 18.9 Å². The van der Waals surface area contributed by atoms with Crippen LogP contribution >= 0.6 is 27.7 Å². The van der Waals surface area contributed by atoms with Gasteiger partial charge in [-0.25, -0.2) is 8.42 Å². The highest BCUT2D eigenvalue weighted by molar-refractivity contribution is 9.10. The standard InChI is InChI=1S/C8H5BrF4O2S2/c9-5-1-3-6(4-2-5)16-7(10,11)8(12,13)17(14)15/h1-4,17H. The van der Waals surface area contributed by atoms with Crippen LogP contribution < -0.4 is 0 Å². The van der Waals surface area contributed by atoms with Crippen molar-refractivity contribution in [3.05, 3.63) is 28.7 Å². The van der Waals surface area contributed by atoms with E-state index in [0.717, 1.165) is 0 Å². The van der Waals surface area contributed by atoms with Crippen molar-refractivity contribution >= 4 is 38.4 Å². The van der Waals surface area contributed by atoms with Crippen molar-refractivity contribution in [2.24, 2.45) is 0 Å². The normalized spacial score (nSPS) is 13.1. The van der Waals surface area contributed by atoms with Crippen LogP contribution in [0.5, 0.6) is 0 Å². The summed E-state index contributed by atoms with van der Waals surface area (Å²) in [5.74, 6) is 0. The first-order chi connectivity index (χ1) is 7.67. The molecule has 0 radical (unpaired) electrons. The zero-order valence-electron chi connectivity index (χ0n) is 7.87. The Morgan fingerprint density at radius 2 is 1.53 bits per heavy atom. The summed E-state index contributed by atoms with van der Waals surface area (Å²) in [5.41, 5.74) is 0. The van der Waals surface area contributed by atoms with Gasteiger partial charge in [-0.1, -0.05) is 15.9 Å². The van der Waals surface area contributed by atoms with Gasteiger partial charge in [0.15, 0.2) is 0 Å². The van der Waals surface area contributed by atoms with E-state index < -0.39 is 33.0 Å². The van der Waals surface area contributed by atoms with Crippen LogP contribution in [0.25, 0.3) is 0 Å². The van der Waals surface area contributed by atoms with Gasteiger partial charge >= 0.3 is 10.5 Å². The second-order valence-electron chi connectivity index (χ2n) is 2.87. The average molecular weight is 353 g/mol. The van der Waals surface area contributed by atoms with E-state index in [0.29, 0.717) is 4.47 Å². The molecule has 0 saturated heterocycles. The van der Waals surface area contributed by atoms with Crippen LogP contribution in [0.15, 0.2) is 33.6 Å². The molecule has 9 heteroatoms. The Balaban J connectivity index is 2.97. The predicted molar refractivity (Wildman–Crippen MR) is 60.2 cm³/mol. The number of hydrogen-bond donors (Lipinski definition) is 1. The quantitative estimate of drug-likeness (QED) is 0.512. The summed E-state index contributed by atoms with van der Waals surface area (Å²) in [6.45, 7) is 0. The highest BCUT2D eigenvalue weighted by atomic mass is 79.9. The largest absolute Gasteiger partial charge is 0.414 e. The molecule has 1 aromatic rings. The summed E-state index contributed by atoms with van der Waals surface area (Å²) in [6.07, 6.45) is 0. The molecule has 0 amide bonds. The molecule has 0 spiro atoms. The summed E-state index contributed by atoms with van der Waals surface area (Å²) in [5, 5.41) is -9.80. The van der Waals surface area contributed by atoms with Crippen molar-refractivity contribution in [1.29, 1.82) is 0 Å². The molecule has 0 aliphatic heterocycles. The molecule has 17 heavy (non-hydrogen) atoms. The minimum absolute atomic E-state index is 0.158. The fourth-order valence-electron chi connectivity index (χ4n) is 0.818. The first-order valence-corrected chi connectivity index (χ1v) is 6.80. The molecule has 0 atom stereocenters. The summed E-state index contributed by atoms with van der Waals surface area (Å²) in [7, 11) is -4.55. The van der Waals surface area contributed by atoms with Gasteiger partial charge in [0.05, 0.1) is 0 Å². The number of halogens is 5. The van der Waals surface area contributed by atoms with Crippen molar-refractivity contribution in [3.8, 4) is 0 Å². The van der Waals surface area contributed by atoms with E-state index in [1.165, 1.54) is 24.3 Å². The molecule has 0 fully saturated rings. The first kappa shape index (κ1) is 14.8. The lowest BCUT2D eigenvalue weighted by Crippen LogP contribution is -2.38. The van der Waals surface area contributed by atoms with Gasteiger partial charge in [0, 0.05) is 9.37 Å². The van der Waals surface area contributed by atoms with Crippen molar-refractivity contribution in [2.75, 3.05) is 0 Å². The maximum Gasteiger partial charge on any atom is 0.414 e. The second-order valence-corrected chi connectivity index (χ2v) is 6.05. The van der Waals surface area contributed by atoms with E-state index in [4.69, 9.17) is 0 Å². The van der Waals surface area contributed by atoms with Crippen LogP contribution in [0.4, 0.5) is 17.6 Å². The number of rotatable bonds is 4. The molecule has 2 nitrogen and oxygen atoms in total. The first-order valence-electron chi connectivity index (χ1n) is 4.01. The molecular weight excluding hydrogens is 348 g/mol. The summed E-state index contributed by atoms with van der Waals surface area (Å²) >= 11 is 2.55. The van der Waals surface area contributed by atoms with Gasteiger partial charge in [0.25, 0.3) is 0 Å². The zero-order valence-corrected chi connectivity index (χ0v) is 11.2. The van der Waals surface area contributed by atoms with Crippen molar-refractivity contribution in [2.45, 2.75) is 15.4 Å². The molecule has 0 unspecified atom stereocenters. The Kier molecular flexibility index (Phi) is 4.48. The highest BCUT2D eigenvalue weighted by Crippen LogP contribution is 2.47. The third kappa shape index (κ3) is 3.35. The average Bonchev–Trinajstić information content (AvgIpc) is 2.20. The molecule has 96 valence electrons. The molecule has 0 N–H and O–H groups in total. The van der Waals surface area contributed by atoms with E-state index >= 15 is 0 Å². The fraction of sp³-hybridized carbons (Fsp3) is 0.250. The van der Waals surface area contributed by atoms with Crippen LogP contribution in [0.2, 0.25) is 0 Å². The van der Waals surface area contributed by atoms with Crippen LogP contribution in [0.1, 0.15) is 0 Å². The van der Waals surface area contributed by atoms with Gasteiger partial charge in [0.1, 0.15) is 0 Å². The van der Waals surface area contributed by atoms with Crippen molar-refractivity contribution < 1.29 is 26.0 Å². The number of hydrogen-bond acceptors (Lipinski definition) is 3. The number of benzene rings is 1. The highest BCUT2D eigenvalue weighted by Gasteiger charge is 2.60. The molecule has 0 heterocycles. The van der Waals surface area contributed by atoms with Gasteiger partial charge in [-0.3, -0.25) is 0 Å².